The third-order valence-corrected chi connectivity index (χ3v) is 4.88. The highest BCUT2D eigenvalue weighted by Crippen LogP contribution is 2.04. The van der Waals surface area contributed by atoms with Gasteiger partial charge in [0.2, 0.25) is 0 Å². The Kier molecular flexibility index (Phi) is 19.1. The summed E-state index contributed by atoms with van der Waals surface area (Å²) in [6, 6.07) is 0. The fraction of sp³-hybridized carbons (Fsp3) is 1.00. The number of hydrogen-bond acceptors (Lipinski definition) is 9. The molecule has 1 rings (SSSR count). The van der Waals surface area contributed by atoms with Crippen molar-refractivity contribution in [2.45, 2.75) is 25.7 Å². The molecule has 0 radical (unpaired) electrons. The first-order chi connectivity index (χ1) is 13.2. The van der Waals surface area contributed by atoms with E-state index in [9.17, 15) is 16.8 Å². The minimum atomic E-state index is -3.83. The number of rotatable bonds is 11. The van der Waals surface area contributed by atoms with Crippen molar-refractivity contribution in [2.75, 3.05) is 50.8 Å². The topological polar surface area (TPSA) is 233 Å². The lowest BCUT2D eigenvalue weighted by molar-refractivity contribution is 0.354. The molecule has 0 aliphatic carbocycles. The number of hydrogen-bond donors (Lipinski definition) is 3. The molecule has 16 heteroatoms. The maximum absolute atomic E-state index is 10.3. The molecule has 0 spiro atoms. The average molecular weight is 445 g/mol. The van der Waals surface area contributed by atoms with Gasteiger partial charge in [-0.2, -0.15) is 16.8 Å². The van der Waals surface area contributed by atoms with Crippen LogP contribution in [0.4, 0.5) is 0 Å². The van der Waals surface area contributed by atoms with Gasteiger partial charge in [0, 0.05) is 22.9 Å². The van der Waals surface area contributed by atoms with E-state index in [2.05, 4.69) is 29.6 Å². The summed E-state index contributed by atoms with van der Waals surface area (Å²) >= 11 is 0. The largest absolute Gasteiger partial charge is 0.330 e. The number of nitrogens with one attached hydrogen (secondary N) is 1. The Morgan fingerprint density at radius 1 is 1.11 bits per heavy atom. The summed E-state index contributed by atoms with van der Waals surface area (Å²) in [5, 5.41) is 9.55. The molecule has 1 aliphatic rings. The van der Waals surface area contributed by atoms with Gasteiger partial charge in [0.05, 0.1) is 18.1 Å². The normalized spacial score (nSPS) is 14.4. The van der Waals surface area contributed by atoms with E-state index < -0.39 is 20.2 Å². The van der Waals surface area contributed by atoms with Crippen LogP contribution in [0.15, 0.2) is 10.2 Å². The number of nitrogens with zero attached hydrogens (tertiary/aromatic N) is 6. The molecule has 1 saturated heterocycles. The van der Waals surface area contributed by atoms with E-state index in [1.807, 2.05) is 0 Å². The lowest BCUT2D eigenvalue weighted by Gasteiger charge is -2.01. The van der Waals surface area contributed by atoms with Crippen LogP contribution in [-0.2, 0) is 24.4 Å². The molecule has 1 fully saturated rings. The van der Waals surface area contributed by atoms with E-state index in [-0.39, 0.29) is 11.5 Å². The van der Waals surface area contributed by atoms with Crippen molar-refractivity contribution in [3.05, 3.63) is 20.9 Å². The van der Waals surface area contributed by atoms with E-state index in [1.165, 1.54) is 0 Å². The second-order valence-corrected chi connectivity index (χ2v) is 8.56. The van der Waals surface area contributed by atoms with Gasteiger partial charge in [0.25, 0.3) is 20.2 Å². The van der Waals surface area contributed by atoms with Crippen molar-refractivity contribution in [3.8, 4) is 0 Å². The Morgan fingerprint density at radius 2 is 1.68 bits per heavy atom. The molecule has 0 aromatic carbocycles. The highest BCUT2D eigenvalue weighted by Gasteiger charge is 2.16. The Labute approximate surface area is 164 Å². The fourth-order valence-electron chi connectivity index (χ4n) is 1.51. The zero-order valence-electron chi connectivity index (χ0n) is 15.6. The maximum atomic E-state index is 10.3. The van der Waals surface area contributed by atoms with Gasteiger partial charge in [-0.15, -0.1) is 0 Å². The molecule has 0 unspecified atom stereocenters. The molecule has 1 aliphatic heterocycles. The van der Waals surface area contributed by atoms with Gasteiger partial charge in [-0.3, -0.25) is 8.74 Å². The third kappa shape index (κ3) is 26.6. The Balaban J connectivity index is 0. The Morgan fingerprint density at radius 3 is 2.07 bits per heavy atom. The summed E-state index contributed by atoms with van der Waals surface area (Å²) < 4.78 is 53.7. The SMILES string of the molecule is O=S1(=O)CCCO1.[N-]=[N+]=NCCCN.[N-]=[N+]=NCCCNCCCS(=O)(=O)O. The van der Waals surface area contributed by atoms with E-state index in [4.69, 9.17) is 21.3 Å². The average Bonchev–Trinajstić information content (AvgIpc) is 3.02. The first-order valence-corrected chi connectivity index (χ1v) is 11.6. The molecule has 0 aromatic heterocycles. The van der Waals surface area contributed by atoms with Crippen LogP contribution < -0.4 is 11.1 Å². The minimum absolute atomic E-state index is 0.201. The van der Waals surface area contributed by atoms with Crippen molar-refractivity contribution < 1.29 is 25.6 Å². The van der Waals surface area contributed by atoms with Gasteiger partial charge in [-0.1, -0.05) is 10.2 Å². The molecule has 4 N–H and O–H groups in total. The van der Waals surface area contributed by atoms with Crippen LogP contribution in [0.1, 0.15) is 25.7 Å². The second-order valence-electron chi connectivity index (χ2n) is 5.23. The Bertz CT molecular complexity index is 675. The zero-order valence-corrected chi connectivity index (χ0v) is 17.2. The summed E-state index contributed by atoms with van der Waals surface area (Å²) in [6.45, 7) is 3.12. The number of azide groups is 2. The lowest BCUT2D eigenvalue weighted by atomic mass is 10.4. The van der Waals surface area contributed by atoms with Crippen molar-refractivity contribution in [1.29, 1.82) is 0 Å². The molecular weight excluding hydrogens is 416 g/mol. The van der Waals surface area contributed by atoms with Gasteiger partial charge in [0.15, 0.2) is 0 Å². The van der Waals surface area contributed by atoms with Crippen LogP contribution in [0, 0.1) is 0 Å². The van der Waals surface area contributed by atoms with Gasteiger partial charge in [-0.25, -0.2) is 0 Å². The predicted octanol–water partition coefficient (Wildman–Crippen LogP) is 0.936. The van der Waals surface area contributed by atoms with E-state index in [1.54, 1.807) is 0 Å². The fourth-order valence-corrected chi connectivity index (χ4v) is 2.98. The highest BCUT2D eigenvalue weighted by molar-refractivity contribution is 7.86. The minimum Gasteiger partial charge on any atom is -0.330 e. The van der Waals surface area contributed by atoms with Crippen molar-refractivity contribution in [2.24, 2.45) is 16.0 Å². The summed E-state index contributed by atoms with van der Waals surface area (Å²) in [6.07, 6.45) is 2.53. The van der Waals surface area contributed by atoms with Crippen molar-refractivity contribution in [3.63, 3.8) is 0 Å². The summed E-state index contributed by atoms with van der Waals surface area (Å²) in [5.41, 5.74) is 20.7. The van der Waals surface area contributed by atoms with Crippen LogP contribution in [0.5, 0.6) is 0 Å². The van der Waals surface area contributed by atoms with Crippen LogP contribution in [0.3, 0.4) is 0 Å². The summed E-state index contributed by atoms with van der Waals surface area (Å²) in [5.74, 6) is -0.0245. The molecule has 28 heavy (non-hydrogen) atoms. The number of nitrogens with two attached hydrogens (primary N) is 1. The molecular formula is C12H28N8O6S2. The molecule has 1 heterocycles. The standard InChI is InChI=1S/C6H14N4O3S.C3H8N4.C3H6O3S/c7-10-9-5-1-3-8-4-2-6-14(11,12)13;4-2-1-3-6-7-5;4-7(5)3-1-2-6-7/h8H,1-6H2,(H,11,12,13);1-4H2;1-3H2. The molecule has 0 amide bonds. The molecule has 164 valence electrons. The highest BCUT2D eigenvalue weighted by atomic mass is 32.2. The predicted molar refractivity (Wildman–Crippen MR) is 105 cm³/mol. The monoisotopic (exact) mass is 444 g/mol. The van der Waals surface area contributed by atoms with Crippen LogP contribution in [0.2, 0.25) is 0 Å². The summed E-state index contributed by atoms with van der Waals surface area (Å²) in [7, 11) is -6.88. The second kappa shape index (κ2) is 18.7. The van der Waals surface area contributed by atoms with Crippen molar-refractivity contribution in [1.82, 2.24) is 5.32 Å². The first kappa shape index (κ1) is 28.6. The van der Waals surface area contributed by atoms with E-state index >= 15 is 0 Å². The molecule has 0 aromatic rings. The molecule has 0 saturated carbocycles. The summed E-state index contributed by atoms with van der Waals surface area (Å²) in [4.78, 5) is 5.13. The van der Waals surface area contributed by atoms with Gasteiger partial charge in [0.1, 0.15) is 0 Å². The molecule has 14 nitrogen and oxygen atoms in total. The van der Waals surface area contributed by atoms with Gasteiger partial charge in [-0.05, 0) is 56.4 Å². The van der Waals surface area contributed by atoms with Crippen molar-refractivity contribution >= 4 is 20.2 Å². The smallest absolute Gasteiger partial charge is 0.267 e. The van der Waals surface area contributed by atoms with E-state index in [0.717, 1.165) is 12.8 Å². The molecule has 0 atom stereocenters. The Hall–Kier alpha value is -1.64. The zero-order chi connectivity index (χ0) is 21.7. The van der Waals surface area contributed by atoms with Gasteiger partial charge >= 0.3 is 0 Å². The van der Waals surface area contributed by atoms with Crippen LogP contribution >= 0.6 is 0 Å². The van der Waals surface area contributed by atoms with Gasteiger partial charge < -0.3 is 11.1 Å². The third-order valence-electron chi connectivity index (χ3n) is 2.76. The molecule has 0 bridgehead atoms. The van der Waals surface area contributed by atoms with Crippen LogP contribution in [0.25, 0.3) is 20.9 Å². The quantitative estimate of drug-likeness (QED) is 0.103. The maximum Gasteiger partial charge on any atom is 0.267 e. The first-order valence-electron chi connectivity index (χ1n) is 8.43. The van der Waals surface area contributed by atoms with Crippen LogP contribution in [-0.4, -0.2) is 72.2 Å². The van der Waals surface area contributed by atoms with E-state index in [0.29, 0.717) is 52.2 Å². The lowest BCUT2D eigenvalue weighted by Crippen LogP contribution is -2.19.